The molecule has 114 valence electrons. The zero-order valence-electron chi connectivity index (χ0n) is 12.3. The molecule has 2 amide bonds. The van der Waals surface area contributed by atoms with Gasteiger partial charge in [0.15, 0.2) is 0 Å². The highest BCUT2D eigenvalue weighted by Crippen LogP contribution is 2.18. The van der Waals surface area contributed by atoms with Crippen LogP contribution in [0.1, 0.15) is 38.2 Å². The fourth-order valence-electron chi connectivity index (χ4n) is 2.63. The number of nitrogens with one attached hydrogen (secondary N) is 1. The maximum Gasteiger partial charge on any atom is 0.239 e. The zero-order chi connectivity index (χ0) is 15.2. The summed E-state index contributed by atoms with van der Waals surface area (Å²) in [6, 6.07) is 7.64. The summed E-state index contributed by atoms with van der Waals surface area (Å²) < 4.78 is 0. The lowest BCUT2D eigenvalue weighted by Gasteiger charge is -2.22. The first-order chi connectivity index (χ1) is 10.1. The Labute approximate surface area is 130 Å². The number of rotatable bonds is 5. The summed E-state index contributed by atoms with van der Waals surface area (Å²) in [4.78, 5) is 25.3. The lowest BCUT2D eigenvalue weighted by Crippen LogP contribution is -2.42. The van der Waals surface area contributed by atoms with Crippen molar-refractivity contribution in [3.63, 3.8) is 0 Å². The van der Waals surface area contributed by atoms with Crippen LogP contribution in [0.3, 0.4) is 0 Å². The molecule has 1 aromatic rings. The average Bonchev–Trinajstić information content (AvgIpc) is 2.93. The van der Waals surface area contributed by atoms with Crippen molar-refractivity contribution in [3.05, 3.63) is 34.9 Å². The molecule has 0 unspecified atom stereocenters. The Morgan fingerprint density at radius 2 is 1.95 bits per heavy atom. The third-order valence-electron chi connectivity index (χ3n) is 3.82. The monoisotopic (exact) mass is 308 g/mol. The van der Waals surface area contributed by atoms with Crippen LogP contribution in [0.15, 0.2) is 24.3 Å². The Balaban J connectivity index is 1.94. The number of nitrogens with zero attached hydrogens (tertiary/aromatic N) is 1. The van der Waals surface area contributed by atoms with Gasteiger partial charge in [0.25, 0.3) is 0 Å². The van der Waals surface area contributed by atoms with Crippen LogP contribution in [0.2, 0.25) is 5.02 Å². The van der Waals surface area contributed by atoms with E-state index in [1.165, 1.54) is 24.7 Å². The molecule has 1 aliphatic rings. The third kappa shape index (κ3) is 4.74. The van der Waals surface area contributed by atoms with Gasteiger partial charge in [-0.15, -0.1) is 0 Å². The Hall–Kier alpha value is -1.55. The fourth-order valence-corrected chi connectivity index (χ4v) is 2.82. The minimum atomic E-state index is -0.128. The van der Waals surface area contributed by atoms with Crippen molar-refractivity contribution >= 4 is 23.4 Å². The zero-order valence-corrected chi connectivity index (χ0v) is 13.0. The summed E-state index contributed by atoms with van der Waals surface area (Å²) in [6.07, 6.45) is 4.41. The number of carbonyl (C=O) groups excluding carboxylic acids is 2. The minimum absolute atomic E-state index is 0.0804. The molecule has 1 aromatic carbocycles. The van der Waals surface area contributed by atoms with Crippen molar-refractivity contribution in [1.82, 2.24) is 10.2 Å². The third-order valence-corrected chi connectivity index (χ3v) is 4.19. The Kier molecular flexibility index (Phi) is 5.62. The van der Waals surface area contributed by atoms with Crippen LogP contribution in [0, 0.1) is 0 Å². The van der Waals surface area contributed by atoms with Crippen molar-refractivity contribution in [1.29, 1.82) is 0 Å². The van der Waals surface area contributed by atoms with Crippen molar-refractivity contribution in [2.24, 2.45) is 0 Å². The maximum atomic E-state index is 12.1. The van der Waals surface area contributed by atoms with Crippen LogP contribution in [0.5, 0.6) is 0 Å². The first-order valence-electron chi connectivity index (χ1n) is 7.34. The van der Waals surface area contributed by atoms with Crippen LogP contribution < -0.4 is 5.32 Å². The number of hydrogen-bond acceptors (Lipinski definition) is 2. The largest absolute Gasteiger partial charge is 0.352 e. The highest BCUT2D eigenvalue weighted by Gasteiger charge is 2.20. The molecule has 0 atom stereocenters. The highest BCUT2D eigenvalue weighted by molar-refractivity contribution is 6.31. The van der Waals surface area contributed by atoms with Gasteiger partial charge >= 0.3 is 0 Å². The Bertz CT molecular complexity index is 513. The predicted molar refractivity (Wildman–Crippen MR) is 82.9 cm³/mol. The Morgan fingerprint density at radius 1 is 1.29 bits per heavy atom. The van der Waals surface area contributed by atoms with Crippen LogP contribution in [0.4, 0.5) is 0 Å². The van der Waals surface area contributed by atoms with E-state index in [-0.39, 0.29) is 24.4 Å². The molecule has 0 spiro atoms. The van der Waals surface area contributed by atoms with E-state index in [0.717, 1.165) is 18.4 Å². The van der Waals surface area contributed by atoms with Crippen molar-refractivity contribution in [3.8, 4) is 0 Å². The van der Waals surface area contributed by atoms with Crippen LogP contribution in [-0.2, 0) is 16.1 Å². The quantitative estimate of drug-likeness (QED) is 0.909. The van der Waals surface area contributed by atoms with Gasteiger partial charge in [0, 0.05) is 24.5 Å². The van der Waals surface area contributed by atoms with Gasteiger partial charge in [0.1, 0.15) is 0 Å². The van der Waals surface area contributed by atoms with E-state index in [9.17, 15) is 9.59 Å². The first kappa shape index (κ1) is 15.8. The summed E-state index contributed by atoms with van der Waals surface area (Å²) in [7, 11) is 0. The summed E-state index contributed by atoms with van der Waals surface area (Å²) in [5.74, 6) is -0.222. The molecular formula is C16H21ClN2O2. The van der Waals surface area contributed by atoms with Crippen LogP contribution in [0.25, 0.3) is 0 Å². The molecule has 0 aromatic heterocycles. The summed E-state index contributed by atoms with van der Waals surface area (Å²) in [5, 5.41) is 3.61. The van der Waals surface area contributed by atoms with Gasteiger partial charge in [-0.2, -0.15) is 0 Å². The van der Waals surface area contributed by atoms with Crippen LogP contribution in [-0.4, -0.2) is 29.3 Å². The van der Waals surface area contributed by atoms with Crippen molar-refractivity contribution < 1.29 is 9.59 Å². The number of amides is 2. The van der Waals surface area contributed by atoms with E-state index in [1.807, 2.05) is 18.2 Å². The second kappa shape index (κ2) is 7.46. The van der Waals surface area contributed by atoms with Crippen molar-refractivity contribution in [2.45, 2.75) is 45.2 Å². The molecule has 0 radical (unpaired) electrons. The molecule has 0 bridgehead atoms. The van der Waals surface area contributed by atoms with Crippen molar-refractivity contribution in [2.75, 3.05) is 6.54 Å². The van der Waals surface area contributed by atoms with E-state index in [4.69, 9.17) is 11.6 Å². The molecule has 2 rings (SSSR count). The summed E-state index contributed by atoms with van der Waals surface area (Å²) in [6.45, 7) is 1.91. The summed E-state index contributed by atoms with van der Waals surface area (Å²) in [5.41, 5.74) is 0.850. The van der Waals surface area contributed by atoms with Gasteiger partial charge in [0.05, 0.1) is 6.54 Å². The number of hydrogen-bond donors (Lipinski definition) is 1. The molecule has 0 saturated heterocycles. The molecule has 1 fully saturated rings. The standard InChI is InChI=1S/C16H21ClN2O2/c1-12(20)19(10-13-6-2-5-9-15(13)17)11-16(21)18-14-7-3-4-8-14/h2,5-6,9,14H,3-4,7-8,10-11H2,1H3,(H,18,21). The van der Waals surface area contributed by atoms with Crippen LogP contribution >= 0.6 is 11.6 Å². The number of benzene rings is 1. The van der Waals surface area contributed by atoms with E-state index in [2.05, 4.69) is 5.32 Å². The number of carbonyl (C=O) groups is 2. The molecule has 1 N–H and O–H groups in total. The SMILES string of the molecule is CC(=O)N(CC(=O)NC1CCCC1)Cc1ccccc1Cl. The fraction of sp³-hybridized carbons (Fsp3) is 0.500. The van der Waals surface area contributed by atoms with Gasteiger partial charge in [0.2, 0.25) is 11.8 Å². The van der Waals surface area contributed by atoms with E-state index >= 15 is 0 Å². The molecule has 21 heavy (non-hydrogen) atoms. The lowest BCUT2D eigenvalue weighted by molar-refractivity contribution is -0.135. The highest BCUT2D eigenvalue weighted by atomic mass is 35.5. The van der Waals surface area contributed by atoms with Gasteiger partial charge in [-0.3, -0.25) is 9.59 Å². The second-order valence-corrected chi connectivity index (χ2v) is 5.92. The van der Waals surface area contributed by atoms with Gasteiger partial charge in [-0.05, 0) is 24.5 Å². The van der Waals surface area contributed by atoms with Gasteiger partial charge in [-0.25, -0.2) is 0 Å². The molecule has 1 saturated carbocycles. The molecule has 0 aliphatic heterocycles. The predicted octanol–water partition coefficient (Wildman–Crippen LogP) is 2.75. The van der Waals surface area contributed by atoms with E-state index in [0.29, 0.717) is 11.6 Å². The van der Waals surface area contributed by atoms with Gasteiger partial charge < -0.3 is 10.2 Å². The number of halogens is 1. The topological polar surface area (TPSA) is 49.4 Å². The molecule has 1 aliphatic carbocycles. The molecule has 4 nitrogen and oxygen atoms in total. The van der Waals surface area contributed by atoms with Gasteiger partial charge in [-0.1, -0.05) is 42.6 Å². The van der Waals surface area contributed by atoms with E-state index < -0.39 is 0 Å². The molecule has 0 heterocycles. The maximum absolute atomic E-state index is 12.1. The molecule has 5 heteroatoms. The Morgan fingerprint density at radius 3 is 2.57 bits per heavy atom. The lowest BCUT2D eigenvalue weighted by atomic mass is 10.2. The minimum Gasteiger partial charge on any atom is -0.352 e. The van der Waals surface area contributed by atoms with E-state index in [1.54, 1.807) is 6.07 Å². The first-order valence-corrected chi connectivity index (χ1v) is 7.72. The average molecular weight is 309 g/mol. The molecular weight excluding hydrogens is 288 g/mol. The smallest absolute Gasteiger partial charge is 0.239 e. The normalized spacial score (nSPS) is 15.0. The summed E-state index contributed by atoms with van der Waals surface area (Å²) >= 11 is 6.11. The second-order valence-electron chi connectivity index (χ2n) is 5.52.